The molecule has 0 aliphatic rings. The Morgan fingerprint density at radius 2 is 1.30 bits per heavy atom. The molecule has 0 unspecified atom stereocenters. The predicted octanol–water partition coefficient (Wildman–Crippen LogP) is 8.52. The Bertz CT molecular complexity index is 1380. The Balaban J connectivity index is 1.76. The third-order valence-electron chi connectivity index (χ3n) is 5.62. The lowest BCUT2D eigenvalue weighted by atomic mass is 10.1. The fraction of sp³-hybridized carbons (Fsp3) is 0.0333. The SMILES string of the molecule is Cc1ccc(N=Cc2cc(-c3ccccc3)n(-c3ccc(Cl)cc3)c2-c2ccccc2)cc1. The Morgan fingerprint density at radius 1 is 0.697 bits per heavy atom. The van der Waals surface area contributed by atoms with Crippen LogP contribution in [0, 0.1) is 6.92 Å². The van der Waals surface area contributed by atoms with Crippen molar-refractivity contribution < 1.29 is 0 Å². The molecule has 4 aromatic carbocycles. The van der Waals surface area contributed by atoms with Crippen LogP contribution in [0.25, 0.3) is 28.2 Å². The summed E-state index contributed by atoms with van der Waals surface area (Å²) in [5.41, 5.74) is 8.70. The highest BCUT2D eigenvalue weighted by molar-refractivity contribution is 6.30. The molecule has 0 radical (unpaired) electrons. The minimum absolute atomic E-state index is 0.717. The summed E-state index contributed by atoms with van der Waals surface area (Å²) < 4.78 is 2.29. The molecule has 0 amide bonds. The first-order valence-corrected chi connectivity index (χ1v) is 11.3. The highest BCUT2D eigenvalue weighted by Gasteiger charge is 2.18. The normalized spacial score (nSPS) is 11.2. The first-order valence-electron chi connectivity index (χ1n) is 10.9. The van der Waals surface area contributed by atoms with E-state index < -0.39 is 0 Å². The molecular formula is C30H23ClN2. The first kappa shape index (κ1) is 21.0. The fourth-order valence-electron chi connectivity index (χ4n) is 3.97. The molecule has 1 heterocycles. The van der Waals surface area contributed by atoms with Gasteiger partial charge in [0.25, 0.3) is 0 Å². The van der Waals surface area contributed by atoms with E-state index >= 15 is 0 Å². The highest BCUT2D eigenvalue weighted by atomic mass is 35.5. The van der Waals surface area contributed by atoms with Gasteiger partial charge >= 0.3 is 0 Å². The predicted molar refractivity (Wildman–Crippen MR) is 140 cm³/mol. The van der Waals surface area contributed by atoms with E-state index in [0.717, 1.165) is 44.5 Å². The summed E-state index contributed by atoms with van der Waals surface area (Å²) in [6.07, 6.45) is 1.96. The Hall–Kier alpha value is -3.88. The quantitative estimate of drug-likeness (QED) is 0.241. The number of halogens is 1. The molecule has 5 aromatic rings. The van der Waals surface area contributed by atoms with Gasteiger partial charge in [0.1, 0.15) is 0 Å². The van der Waals surface area contributed by atoms with Gasteiger partial charge in [0.2, 0.25) is 0 Å². The summed E-state index contributed by atoms with van der Waals surface area (Å²) in [5.74, 6) is 0. The molecule has 0 fully saturated rings. The lowest BCUT2D eigenvalue weighted by Gasteiger charge is -2.15. The maximum atomic E-state index is 6.22. The molecule has 1 aromatic heterocycles. The topological polar surface area (TPSA) is 17.3 Å². The van der Waals surface area contributed by atoms with Crippen LogP contribution in [-0.2, 0) is 0 Å². The van der Waals surface area contributed by atoms with Crippen LogP contribution in [-0.4, -0.2) is 10.8 Å². The van der Waals surface area contributed by atoms with Crippen molar-refractivity contribution in [1.82, 2.24) is 4.57 Å². The van der Waals surface area contributed by atoms with Crippen molar-refractivity contribution in [3.63, 3.8) is 0 Å². The van der Waals surface area contributed by atoms with E-state index in [-0.39, 0.29) is 0 Å². The van der Waals surface area contributed by atoms with Gasteiger partial charge in [0.05, 0.1) is 17.1 Å². The number of aromatic nitrogens is 1. The molecule has 2 nitrogen and oxygen atoms in total. The van der Waals surface area contributed by atoms with Crippen molar-refractivity contribution in [2.45, 2.75) is 6.92 Å². The molecule has 0 aliphatic heterocycles. The van der Waals surface area contributed by atoms with Gasteiger partial charge in [-0.15, -0.1) is 0 Å². The van der Waals surface area contributed by atoms with Crippen molar-refractivity contribution >= 4 is 23.5 Å². The van der Waals surface area contributed by atoms with Gasteiger partial charge in [-0.05, 0) is 60.5 Å². The molecule has 0 bridgehead atoms. The first-order chi connectivity index (χ1) is 16.2. The number of aryl methyl sites for hydroxylation is 1. The second-order valence-electron chi connectivity index (χ2n) is 7.97. The molecule has 3 heteroatoms. The molecule has 0 aliphatic carbocycles. The third kappa shape index (κ3) is 4.52. The zero-order valence-corrected chi connectivity index (χ0v) is 19.1. The number of rotatable bonds is 5. The maximum absolute atomic E-state index is 6.22. The molecule has 0 saturated carbocycles. The Labute approximate surface area is 199 Å². The highest BCUT2D eigenvalue weighted by Crippen LogP contribution is 2.36. The van der Waals surface area contributed by atoms with Crippen LogP contribution in [0.2, 0.25) is 5.02 Å². The number of benzene rings is 4. The molecule has 5 rings (SSSR count). The second kappa shape index (κ2) is 9.32. The van der Waals surface area contributed by atoms with E-state index in [1.54, 1.807) is 0 Å². The van der Waals surface area contributed by atoms with E-state index in [9.17, 15) is 0 Å². The van der Waals surface area contributed by atoms with Crippen molar-refractivity contribution in [2.75, 3.05) is 0 Å². The standard InChI is InChI=1S/C30H23ClN2/c1-22-12-16-27(17-13-22)32-21-25-20-29(23-8-4-2-5-9-23)33(28-18-14-26(31)15-19-28)30(25)24-10-6-3-7-11-24/h2-21H,1H3. The van der Waals surface area contributed by atoms with Crippen LogP contribution in [0.15, 0.2) is 120 Å². The van der Waals surface area contributed by atoms with E-state index in [1.807, 2.05) is 42.6 Å². The smallest absolute Gasteiger partial charge is 0.0630 e. The van der Waals surface area contributed by atoms with Crippen LogP contribution in [0.5, 0.6) is 0 Å². The van der Waals surface area contributed by atoms with Crippen LogP contribution in [0.1, 0.15) is 11.1 Å². The van der Waals surface area contributed by atoms with Gasteiger partial charge in [-0.3, -0.25) is 4.99 Å². The van der Waals surface area contributed by atoms with Crippen molar-refractivity contribution in [2.24, 2.45) is 4.99 Å². The Morgan fingerprint density at radius 3 is 1.94 bits per heavy atom. The Kier molecular flexibility index (Phi) is 5.93. The minimum atomic E-state index is 0.717. The average Bonchev–Trinajstić information content (AvgIpc) is 3.25. The summed E-state index contributed by atoms with van der Waals surface area (Å²) in [7, 11) is 0. The molecular weight excluding hydrogens is 424 g/mol. The zero-order chi connectivity index (χ0) is 22.6. The fourth-order valence-corrected chi connectivity index (χ4v) is 4.10. The van der Waals surface area contributed by atoms with Crippen molar-refractivity contribution in [1.29, 1.82) is 0 Å². The summed E-state index contributed by atoms with van der Waals surface area (Å²) in [5, 5.41) is 0.717. The number of nitrogens with zero attached hydrogens (tertiary/aromatic N) is 2. The van der Waals surface area contributed by atoms with Crippen molar-refractivity contribution in [3.8, 4) is 28.2 Å². The number of aliphatic imine (C=N–C) groups is 1. The molecule has 160 valence electrons. The molecule has 33 heavy (non-hydrogen) atoms. The van der Waals surface area contributed by atoms with Crippen LogP contribution in [0.3, 0.4) is 0 Å². The van der Waals surface area contributed by atoms with Crippen LogP contribution in [0.4, 0.5) is 5.69 Å². The summed E-state index contributed by atoms with van der Waals surface area (Å²) in [4.78, 5) is 4.80. The number of hydrogen-bond donors (Lipinski definition) is 0. The van der Waals surface area contributed by atoms with Gasteiger partial charge in [0.15, 0.2) is 0 Å². The number of hydrogen-bond acceptors (Lipinski definition) is 1. The van der Waals surface area contributed by atoms with Gasteiger partial charge in [0, 0.05) is 22.5 Å². The van der Waals surface area contributed by atoms with Crippen molar-refractivity contribution in [3.05, 3.63) is 131 Å². The van der Waals surface area contributed by atoms with Gasteiger partial charge in [-0.1, -0.05) is 90.0 Å². The molecule has 0 atom stereocenters. The van der Waals surface area contributed by atoms with E-state index in [4.69, 9.17) is 16.6 Å². The molecule has 0 saturated heterocycles. The minimum Gasteiger partial charge on any atom is -0.309 e. The maximum Gasteiger partial charge on any atom is 0.0630 e. The van der Waals surface area contributed by atoms with E-state index in [0.29, 0.717) is 0 Å². The zero-order valence-electron chi connectivity index (χ0n) is 18.3. The summed E-state index contributed by atoms with van der Waals surface area (Å²) >= 11 is 6.22. The molecule has 0 N–H and O–H groups in total. The van der Waals surface area contributed by atoms with Crippen LogP contribution < -0.4 is 0 Å². The summed E-state index contributed by atoms with van der Waals surface area (Å²) in [6, 6.07) is 39.3. The average molecular weight is 447 g/mol. The largest absolute Gasteiger partial charge is 0.309 e. The van der Waals surface area contributed by atoms with Gasteiger partial charge in [-0.25, -0.2) is 0 Å². The van der Waals surface area contributed by atoms with E-state index in [1.165, 1.54) is 5.56 Å². The summed E-state index contributed by atoms with van der Waals surface area (Å²) in [6.45, 7) is 2.08. The monoisotopic (exact) mass is 446 g/mol. The third-order valence-corrected chi connectivity index (χ3v) is 5.87. The lowest BCUT2D eigenvalue weighted by Crippen LogP contribution is -2.00. The van der Waals surface area contributed by atoms with Gasteiger partial charge < -0.3 is 4.57 Å². The van der Waals surface area contributed by atoms with E-state index in [2.05, 4.69) is 90.4 Å². The lowest BCUT2D eigenvalue weighted by molar-refractivity contribution is 1.09. The molecule has 0 spiro atoms. The van der Waals surface area contributed by atoms with Gasteiger partial charge in [-0.2, -0.15) is 0 Å². The second-order valence-corrected chi connectivity index (χ2v) is 8.41. The van der Waals surface area contributed by atoms with Crippen LogP contribution >= 0.6 is 11.6 Å².